The number of hydrogen-bond donors (Lipinski definition) is 2. The van der Waals surface area contributed by atoms with Gasteiger partial charge in [0.05, 0.1) is 6.20 Å². The van der Waals surface area contributed by atoms with Crippen LogP contribution in [0, 0.1) is 5.41 Å². The molecule has 0 aliphatic heterocycles. The molecule has 3 nitrogen and oxygen atoms in total. The average molecular weight is 154 g/mol. The Balaban J connectivity index is 2.56. The average Bonchev–Trinajstić information content (AvgIpc) is 2.39. The van der Waals surface area contributed by atoms with Gasteiger partial charge in [0.25, 0.3) is 0 Å². The van der Waals surface area contributed by atoms with Crippen molar-refractivity contribution in [2.75, 3.05) is 6.61 Å². The van der Waals surface area contributed by atoms with Crippen LogP contribution < -0.4 is 0 Å². The molecule has 0 amide bonds. The van der Waals surface area contributed by atoms with Gasteiger partial charge in [0.2, 0.25) is 0 Å². The molecule has 0 spiro atoms. The quantitative estimate of drug-likeness (QED) is 0.681. The predicted molar refractivity (Wildman–Crippen MR) is 43.2 cm³/mol. The Morgan fingerprint density at radius 2 is 2.36 bits per heavy atom. The lowest BCUT2D eigenvalue weighted by Gasteiger charge is -2.19. The highest BCUT2D eigenvalue weighted by Crippen LogP contribution is 2.19. The number of aliphatic hydroxyl groups excluding tert-OH is 1. The van der Waals surface area contributed by atoms with E-state index < -0.39 is 0 Å². The van der Waals surface area contributed by atoms with Crippen molar-refractivity contribution < 1.29 is 5.11 Å². The molecule has 3 heteroatoms. The minimum atomic E-state index is -0.0378. The number of nitrogens with zero attached hydrogens (tertiary/aromatic N) is 1. The monoisotopic (exact) mass is 154 g/mol. The zero-order valence-corrected chi connectivity index (χ0v) is 6.96. The fourth-order valence-corrected chi connectivity index (χ4v) is 0.983. The van der Waals surface area contributed by atoms with Crippen LogP contribution in [0.2, 0.25) is 0 Å². The summed E-state index contributed by atoms with van der Waals surface area (Å²) < 4.78 is 0. The van der Waals surface area contributed by atoms with Gasteiger partial charge in [0, 0.05) is 12.8 Å². The van der Waals surface area contributed by atoms with Gasteiger partial charge >= 0.3 is 0 Å². The van der Waals surface area contributed by atoms with Crippen molar-refractivity contribution in [2.45, 2.75) is 20.3 Å². The van der Waals surface area contributed by atoms with Crippen molar-refractivity contribution in [3.05, 3.63) is 18.0 Å². The Morgan fingerprint density at radius 1 is 1.64 bits per heavy atom. The van der Waals surface area contributed by atoms with Gasteiger partial charge in [-0.2, -0.15) is 5.10 Å². The van der Waals surface area contributed by atoms with E-state index in [2.05, 4.69) is 10.2 Å². The lowest BCUT2D eigenvalue weighted by molar-refractivity contribution is 0.159. The van der Waals surface area contributed by atoms with Crippen LogP contribution in [-0.2, 0) is 6.42 Å². The number of H-pyrrole nitrogens is 1. The van der Waals surface area contributed by atoms with E-state index in [0.29, 0.717) is 0 Å². The Labute approximate surface area is 66.4 Å². The van der Waals surface area contributed by atoms with E-state index in [4.69, 9.17) is 5.11 Å². The molecule has 0 bridgehead atoms. The summed E-state index contributed by atoms with van der Waals surface area (Å²) in [4.78, 5) is 0. The van der Waals surface area contributed by atoms with Crippen LogP contribution in [0.5, 0.6) is 0 Å². The third kappa shape index (κ3) is 2.35. The molecule has 1 rings (SSSR count). The summed E-state index contributed by atoms with van der Waals surface area (Å²) in [5.41, 5.74) is 1.10. The minimum Gasteiger partial charge on any atom is -0.396 e. The van der Waals surface area contributed by atoms with Gasteiger partial charge in [-0.1, -0.05) is 13.8 Å². The summed E-state index contributed by atoms with van der Waals surface area (Å²) in [7, 11) is 0. The molecule has 1 aromatic heterocycles. The number of hydrogen-bond acceptors (Lipinski definition) is 2. The molecule has 0 aromatic carbocycles. The molecule has 1 heterocycles. The fraction of sp³-hybridized carbons (Fsp3) is 0.625. The molecule has 0 unspecified atom stereocenters. The third-order valence-corrected chi connectivity index (χ3v) is 1.67. The van der Waals surface area contributed by atoms with E-state index in [0.717, 1.165) is 12.0 Å². The van der Waals surface area contributed by atoms with Crippen LogP contribution in [0.4, 0.5) is 0 Å². The van der Waals surface area contributed by atoms with Crippen LogP contribution in [0.1, 0.15) is 19.4 Å². The summed E-state index contributed by atoms with van der Waals surface area (Å²) >= 11 is 0. The smallest absolute Gasteiger partial charge is 0.0519 e. The molecular weight excluding hydrogens is 140 g/mol. The van der Waals surface area contributed by atoms with Crippen LogP contribution in [-0.4, -0.2) is 21.9 Å². The second-order valence-corrected chi connectivity index (χ2v) is 3.61. The highest BCUT2D eigenvalue weighted by molar-refractivity contribution is 5.05. The standard InChI is InChI=1S/C8H14N2O/c1-8(2,6-11)3-7-4-9-10-5-7/h4-5,11H,3,6H2,1-2H3,(H,9,10). The number of aromatic nitrogens is 2. The molecule has 11 heavy (non-hydrogen) atoms. The van der Waals surface area contributed by atoms with E-state index in [1.807, 2.05) is 20.0 Å². The molecule has 0 saturated heterocycles. The molecule has 0 fully saturated rings. The van der Waals surface area contributed by atoms with Crippen LogP contribution in [0.3, 0.4) is 0 Å². The van der Waals surface area contributed by atoms with Gasteiger partial charge in [-0.25, -0.2) is 0 Å². The minimum absolute atomic E-state index is 0.0378. The first-order chi connectivity index (χ1) is 5.14. The van der Waals surface area contributed by atoms with Crippen molar-refractivity contribution in [1.29, 1.82) is 0 Å². The SMILES string of the molecule is CC(C)(CO)Cc1cn[nH]c1. The van der Waals surface area contributed by atoms with Gasteiger partial charge < -0.3 is 5.11 Å². The second-order valence-electron chi connectivity index (χ2n) is 3.61. The van der Waals surface area contributed by atoms with Crippen molar-refractivity contribution in [3.8, 4) is 0 Å². The van der Waals surface area contributed by atoms with Gasteiger partial charge in [-0.05, 0) is 17.4 Å². The summed E-state index contributed by atoms with van der Waals surface area (Å²) in [6, 6.07) is 0. The maximum Gasteiger partial charge on any atom is 0.0519 e. The van der Waals surface area contributed by atoms with Gasteiger partial charge in [-0.15, -0.1) is 0 Å². The van der Waals surface area contributed by atoms with Crippen molar-refractivity contribution in [3.63, 3.8) is 0 Å². The van der Waals surface area contributed by atoms with Crippen molar-refractivity contribution in [1.82, 2.24) is 10.2 Å². The van der Waals surface area contributed by atoms with Crippen molar-refractivity contribution in [2.24, 2.45) is 5.41 Å². The third-order valence-electron chi connectivity index (χ3n) is 1.67. The molecular formula is C8H14N2O. The summed E-state index contributed by atoms with van der Waals surface area (Å²) in [5, 5.41) is 15.5. The predicted octanol–water partition coefficient (Wildman–Crippen LogP) is 0.971. The van der Waals surface area contributed by atoms with Crippen molar-refractivity contribution >= 4 is 0 Å². The lowest BCUT2D eigenvalue weighted by Crippen LogP contribution is -2.19. The van der Waals surface area contributed by atoms with Gasteiger partial charge in [0.15, 0.2) is 0 Å². The normalized spacial score (nSPS) is 11.9. The molecule has 0 saturated carbocycles. The molecule has 62 valence electrons. The Morgan fingerprint density at radius 3 is 2.82 bits per heavy atom. The lowest BCUT2D eigenvalue weighted by atomic mass is 9.88. The van der Waals surface area contributed by atoms with E-state index in [9.17, 15) is 0 Å². The van der Waals surface area contributed by atoms with Gasteiger partial charge in [-0.3, -0.25) is 5.10 Å². The molecule has 0 radical (unpaired) electrons. The molecule has 2 N–H and O–H groups in total. The van der Waals surface area contributed by atoms with Crippen LogP contribution >= 0.6 is 0 Å². The highest BCUT2D eigenvalue weighted by atomic mass is 16.3. The highest BCUT2D eigenvalue weighted by Gasteiger charge is 2.17. The number of rotatable bonds is 3. The summed E-state index contributed by atoms with van der Waals surface area (Å²) in [6.07, 6.45) is 4.51. The number of aromatic amines is 1. The zero-order chi connectivity index (χ0) is 8.32. The first-order valence-electron chi connectivity index (χ1n) is 3.72. The zero-order valence-electron chi connectivity index (χ0n) is 6.96. The van der Waals surface area contributed by atoms with Crippen LogP contribution in [0.25, 0.3) is 0 Å². The number of nitrogens with one attached hydrogen (secondary N) is 1. The molecule has 0 atom stereocenters. The Hall–Kier alpha value is -0.830. The van der Waals surface area contributed by atoms with Crippen LogP contribution in [0.15, 0.2) is 12.4 Å². The Bertz CT molecular complexity index is 204. The van der Waals surface area contributed by atoms with E-state index in [1.165, 1.54) is 0 Å². The first-order valence-corrected chi connectivity index (χ1v) is 3.72. The number of aliphatic hydroxyl groups is 1. The molecule has 0 aliphatic rings. The molecule has 1 aromatic rings. The second kappa shape index (κ2) is 3.05. The topological polar surface area (TPSA) is 48.9 Å². The fourth-order valence-electron chi connectivity index (χ4n) is 0.983. The van der Waals surface area contributed by atoms with Gasteiger partial charge in [0.1, 0.15) is 0 Å². The first kappa shape index (κ1) is 8.27. The Kier molecular flexibility index (Phi) is 2.29. The largest absolute Gasteiger partial charge is 0.396 e. The van der Waals surface area contributed by atoms with E-state index in [-0.39, 0.29) is 12.0 Å². The van der Waals surface area contributed by atoms with E-state index in [1.54, 1.807) is 6.20 Å². The maximum atomic E-state index is 8.96. The maximum absolute atomic E-state index is 8.96. The molecule has 0 aliphatic carbocycles. The summed E-state index contributed by atoms with van der Waals surface area (Å²) in [6.45, 7) is 4.26. The van der Waals surface area contributed by atoms with E-state index >= 15 is 0 Å². The summed E-state index contributed by atoms with van der Waals surface area (Å²) in [5.74, 6) is 0.